The second-order valence-electron chi connectivity index (χ2n) is 5.42. The number of rotatable bonds is 4. The molecule has 1 aliphatic rings. The quantitative estimate of drug-likeness (QED) is 0.915. The second kappa shape index (κ2) is 5.76. The zero-order valence-corrected chi connectivity index (χ0v) is 11.3. The summed E-state index contributed by atoms with van der Waals surface area (Å²) in [4.78, 5) is 0. The molecule has 3 heteroatoms. The summed E-state index contributed by atoms with van der Waals surface area (Å²) >= 11 is 0. The summed E-state index contributed by atoms with van der Waals surface area (Å²) in [6, 6.07) is 8.74. The maximum Gasteiger partial charge on any atom is 0.0513 e. The van der Waals surface area contributed by atoms with Gasteiger partial charge in [-0.2, -0.15) is 0 Å². The van der Waals surface area contributed by atoms with Crippen molar-refractivity contribution >= 4 is 10.9 Å². The van der Waals surface area contributed by atoms with Crippen LogP contribution < -0.4 is 5.73 Å². The molecular formula is C16H22N2O. The Morgan fingerprint density at radius 2 is 2.05 bits per heavy atom. The number of nitrogens with two attached hydrogens (primary N) is 1. The Balaban J connectivity index is 1.89. The largest absolute Gasteiger partial charge is 0.381 e. The van der Waals surface area contributed by atoms with Crippen molar-refractivity contribution < 1.29 is 4.74 Å². The molecular weight excluding hydrogens is 236 g/mol. The number of para-hydroxylation sites is 1. The van der Waals surface area contributed by atoms with Crippen LogP contribution >= 0.6 is 0 Å². The van der Waals surface area contributed by atoms with Crippen LogP contribution in [0.4, 0.5) is 0 Å². The number of nitrogens with zero attached hydrogens (tertiary/aromatic N) is 1. The third-order valence-electron chi connectivity index (χ3n) is 4.08. The van der Waals surface area contributed by atoms with Crippen molar-refractivity contribution in [1.82, 2.24) is 4.57 Å². The molecule has 0 radical (unpaired) electrons. The minimum atomic E-state index is 0.710. The van der Waals surface area contributed by atoms with Gasteiger partial charge in [-0.05, 0) is 48.7 Å². The van der Waals surface area contributed by atoms with Gasteiger partial charge in [-0.1, -0.05) is 18.2 Å². The lowest BCUT2D eigenvalue weighted by Crippen LogP contribution is -2.20. The van der Waals surface area contributed by atoms with Gasteiger partial charge in [0.05, 0.1) is 5.52 Å². The third-order valence-corrected chi connectivity index (χ3v) is 4.08. The van der Waals surface area contributed by atoms with Gasteiger partial charge in [0.15, 0.2) is 0 Å². The highest BCUT2D eigenvalue weighted by atomic mass is 16.5. The predicted octanol–water partition coefficient (Wildman–Crippen LogP) is 2.57. The summed E-state index contributed by atoms with van der Waals surface area (Å²) in [5.41, 5.74) is 8.48. The van der Waals surface area contributed by atoms with Crippen molar-refractivity contribution in [2.45, 2.75) is 25.8 Å². The monoisotopic (exact) mass is 258 g/mol. The SMILES string of the molecule is NCCc1cccc2ccn(CC3CCOCC3)c12. The summed E-state index contributed by atoms with van der Waals surface area (Å²) in [6.45, 7) is 3.65. The first-order valence-corrected chi connectivity index (χ1v) is 7.23. The molecule has 0 unspecified atom stereocenters. The number of aromatic nitrogens is 1. The first-order valence-electron chi connectivity index (χ1n) is 7.23. The average Bonchev–Trinajstić information content (AvgIpc) is 2.85. The number of fused-ring (bicyclic) bond motifs is 1. The molecule has 19 heavy (non-hydrogen) atoms. The Hall–Kier alpha value is -1.32. The molecule has 0 spiro atoms. The Kier molecular flexibility index (Phi) is 3.85. The molecule has 3 rings (SSSR count). The highest BCUT2D eigenvalue weighted by Crippen LogP contribution is 2.24. The van der Waals surface area contributed by atoms with Gasteiger partial charge < -0.3 is 15.0 Å². The van der Waals surface area contributed by atoms with Crippen LogP contribution in [0.3, 0.4) is 0 Å². The molecule has 0 aliphatic carbocycles. The second-order valence-corrected chi connectivity index (χ2v) is 5.42. The molecule has 0 atom stereocenters. The van der Waals surface area contributed by atoms with Crippen molar-refractivity contribution in [3.63, 3.8) is 0 Å². The van der Waals surface area contributed by atoms with Crippen molar-refractivity contribution in [2.24, 2.45) is 11.7 Å². The maximum atomic E-state index is 5.73. The minimum absolute atomic E-state index is 0.710. The Morgan fingerprint density at radius 3 is 2.84 bits per heavy atom. The van der Waals surface area contributed by atoms with Gasteiger partial charge in [-0.3, -0.25) is 0 Å². The smallest absolute Gasteiger partial charge is 0.0513 e. The Morgan fingerprint density at radius 1 is 1.21 bits per heavy atom. The zero-order chi connectivity index (χ0) is 13.1. The van der Waals surface area contributed by atoms with Crippen LogP contribution in [0.5, 0.6) is 0 Å². The molecule has 1 saturated heterocycles. The summed E-state index contributed by atoms with van der Waals surface area (Å²) < 4.78 is 7.86. The van der Waals surface area contributed by atoms with E-state index in [1.807, 2.05) is 0 Å². The molecule has 2 heterocycles. The molecule has 102 valence electrons. The van der Waals surface area contributed by atoms with Gasteiger partial charge >= 0.3 is 0 Å². The van der Waals surface area contributed by atoms with Crippen LogP contribution in [-0.4, -0.2) is 24.3 Å². The van der Waals surface area contributed by atoms with Crippen LogP contribution in [-0.2, 0) is 17.7 Å². The van der Waals surface area contributed by atoms with Crippen molar-refractivity contribution in [3.8, 4) is 0 Å². The number of benzene rings is 1. The van der Waals surface area contributed by atoms with Gasteiger partial charge in [0.25, 0.3) is 0 Å². The third kappa shape index (κ3) is 2.67. The zero-order valence-electron chi connectivity index (χ0n) is 11.3. The summed E-state index contributed by atoms with van der Waals surface area (Å²) in [7, 11) is 0. The van der Waals surface area contributed by atoms with Gasteiger partial charge in [-0.25, -0.2) is 0 Å². The van der Waals surface area contributed by atoms with E-state index in [2.05, 4.69) is 35.0 Å². The maximum absolute atomic E-state index is 5.73. The van der Waals surface area contributed by atoms with Gasteiger partial charge in [0, 0.05) is 26.0 Å². The standard InChI is InChI=1S/C16H22N2O/c17-8-4-14-2-1-3-15-5-9-18(16(14)15)12-13-6-10-19-11-7-13/h1-3,5,9,13H,4,6-8,10-12,17H2. The Labute approximate surface area is 114 Å². The van der Waals surface area contributed by atoms with Crippen molar-refractivity contribution in [1.29, 1.82) is 0 Å². The van der Waals surface area contributed by atoms with Crippen LogP contribution in [0.25, 0.3) is 10.9 Å². The highest BCUT2D eigenvalue weighted by Gasteiger charge is 2.15. The minimum Gasteiger partial charge on any atom is -0.381 e. The highest BCUT2D eigenvalue weighted by molar-refractivity contribution is 5.83. The molecule has 2 aromatic rings. The molecule has 0 amide bonds. The van der Waals surface area contributed by atoms with Crippen LogP contribution in [0, 0.1) is 5.92 Å². The molecule has 1 aromatic carbocycles. The van der Waals surface area contributed by atoms with Crippen LogP contribution in [0.15, 0.2) is 30.5 Å². The topological polar surface area (TPSA) is 40.2 Å². The van der Waals surface area contributed by atoms with E-state index in [-0.39, 0.29) is 0 Å². The summed E-state index contributed by atoms with van der Waals surface area (Å²) in [6.07, 6.45) is 5.53. The van der Waals surface area contributed by atoms with Crippen molar-refractivity contribution in [2.75, 3.05) is 19.8 Å². The normalized spacial score (nSPS) is 17.1. The summed E-state index contributed by atoms with van der Waals surface area (Å²) in [5, 5.41) is 1.33. The predicted molar refractivity (Wildman–Crippen MR) is 78.2 cm³/mol. The van der Waals surface area contributed by atoms with Crippen LogP contribution in [0.1, 0.15) is 18.4 Å². The van der Waals surface area contributed by atoms with E-state index in [1.165, 1.54) is 29.3 Å². The van der Waals surface area contributed by atoms with E-state index in [0.717, 1.165) is 32.1 Å². The van der Waals surface area contributed by atoms with Gasteiger partial charge in [-0.15, -0.1) is 0 Å². The molecule has 2 N–H and O–H groups in total. The molecule has 0 bridgehead atoms. The number of ether oxygens (including phenoxy) is 1. The number of hydrogen-bond acceptors (Lipinski definition) is 2. The lowest BCUT2D eigenvalue weighted by Gasteiger charge is -2.23. The van der Waals surface area contributed by atoms with Gasteiger partial charge in [0.1, 0.15) is 0 Å². The first-order chi connectivity index (χ1) is 9.38. The lowest BCUT2D eigenvalue weighted by atomic mass is 10.00. The van der Waals surface area contributed by atoms with Crippen molar-refractivity contribution in [3.05, 3.63) is 36.0 Å². The fraction of sp³-hybridized carbons (Fsp3) is 0.500. The molecule has 0 saturated carbocycles. The van der Waals surface area contributed by atoms with Crippen LogP contribution in [0.2, 0.25) is 0 Å². The van der Waals surface area contributed by atoms with E-state index in [4.69, 9.17) is 10.5 Å². The van der Waals surface area contributed by atoms with E-state index in [1.54, 1.807) is 0 Å². The molecule has 1 aromatic heterocycles. The molecule has 1 aliphatic heterocycles. The average molecular weight is 258 g/mol. The van der Waals surface area contributed by atoms with E-state index >= 15 is 0 Å². The van der Waals surface area contributed by atoms with E-state index in [9.17, 15) is 0 Å². The number of hydrogen-bond donors (Lipinski definition) is 1. The Bertz CT molecular complexity index is 541. The fourth-order valence-electron chi connectivity index (χ4n) is 3.06. The lowest BCUT2D eigenvalue weighted by molar-refractivity contribution is 0.0616. The van der Waals surface area contributed by atoms with E-state index in [0.29, 0.717) is 6.54 Å². The van der Waals surface area contributed by atoms with Gasteiger partial charge in [0.2, 0.25) is 0 Å². The first kappa shape index (κ1) is 12.7. The van der Waals surface area contributed by atoms with E-state index < -0.39 is 0 Å². The fourth-order valence-corrected chi connectivity index (χ4v) is 3.06. The summed E-state index contributed by atoms with van der Waals surface area (Å²) in [5.74, 6) is 0.746. The molecule has 3 nitrogen and oxygen atoms in total. The molecule has 1 fully saturated rings.